The summed E-state index contributed by atoms with van der Waals surface area (Å²) in [6.45, 7) is 6.60. The molecule has 1 nitrogen and oxygen atoms in total. The van der Waals surface area contributed by atoms with Gasteiger partial charge in [-0.25, -0.2) is 0 Å². The Labute approximate surface area is 123 Å². The van der Waals surface area contributed by atoms with Crippen LogP contribution in [-0.2, 0) is 11.8 Å². The second-order valence-corrected chi connectivity index (χ2v) is 7.21. The van der Waals surface area contributed by atoms with Gasteiger partial charge in [0.25, 0.3) is 0 Å². The van der Waals surface area contributed by atoms with Gasteiger partial charge in [-0.15, -0.1) is 11.3 Å². The van der Waals surface area contributed by atoms with Gasteiger partial charge < -0.3 is 5.11 Å². The lowest BCUT2D eigenvalue weighted by molar-refractivity contribution is 0.182. The zero-order valence-electron chi connectivity index (χ0n) is 11.5. The molecule has 0 spiro atoms. The molecule has 102 valence electrons. The molecule has 1 heterocycles. The molecule has 3 heteroatoms. The number of halogens is 1. The molecule has 0 fully saturated rings. The van der Waals surface area contributed by atoms with Crippen molar-refractivity contribution < 1.29 is 5.11 Å². The van der Waals surface area contributed by atoms with Crippen molar-refractivity contribution in [3.05, 3.63) is 56.7 Å². The van der Waals surface area contributed by atoms with E-state index in [2.05, 4.69) is 45.0 Å². The molecular formula is C16H19ClOS. The van der Waals surface area contributed by atoms with Crippen molar-refractivity contribution in [1.29, 1.82) is 0 Å². The Morgan fingerprint density at radius 2 is 1.84 bits per heavy atom. The SMILES string of the molecule is CC(C)(C)c1ccc(CC(O)c2cc(Cl)cs2)cc1. The molecule has 0 amide bonds. The molecule has 0 aliphatic heterocycles. The Bertz CT molecular complexity index is 537. The molecule has 19 heavy (non-hydrogen) atoms. The van der Waals surface area contributed by atoms with Crippen LogP contribution in [-0.4, -0.2) is 5.11 Å². The smallest absolute Gasteiger partial charge is 0.0922 e. The Morgan fingerprint density at radius 3 is 2.32 bits per heavy atom. The van der Waals surface area contributed by atoms with Gasteiger partial charge in [0.05, 0.1) is 11.1 Å². The summed E-state index contributed by atoms with van der Waals surface area (Å²) in [4.78, 5) is 0.921. The first kappa shape index (κ1) is 14.6. The van der Waals surface area contributed by atoms with Crippen LogP contribution in [0.25, 0.3) is 0 Å². The van der Waals surface area contributed by atoms with E-state index < -0.39 is 6.10 Å². The van der Waals surface area contributed by atoms with Crippen molar-refractivity contribution in [2.45, 2.75) is 38.7 Å². The average molecular weight is 295 g/mol. The molecule has 2 aromatic rings. The summed E-state index contributed by atoms with van der Waals surface area (Å²) in [5, 5.41) is 12.7. The minimum absolute atomic E-state index is 0.165. The first-order valence-corrected chi connectivity index (χ1v) is 7.63. The quantitative estimate of drug-likeness (QED) is 0.847. The lowest BCUT2D eigenvalue weighted by Gasteiger charge is -2.19. The van der Waals surface area contributed by atoms with Gasteiger partial charge >= 0.3 is 0 Å². The summed E-state index contributed by atoms with van der Waals surface area (Å²) in [7, 11) is 0. The third kappa shape index (κ3) is 3.82. The van der Waals surface area contributed by atoms with Gasteiger partial charge in [0, 0.05) is 16.7 Å². The molecule has 1 aromatic heterocycles. The Morgan fingerprint density at radius 1 is 1.21 bits per heavy atom. The Kier molecular flexibility index (Phi) is 4.34. The highest BCUT2D eigenvalue weighted by Gasteiger charge is 2.14. The standard InChI is InChI=1S/C16H19ClOS/c1-16(2,3)12-6-4-11(5-7-12)8-14(18)15-9-13(17)10-19-15/h4-7,9-10,14,18H,8H2,1-3H3. The Hall–Kier alpha value is -0.830. The number of rotatable bonds is 3. The number of aliphatic hydroxyl groups is 1. The summed E-state index contributed by atoms with van der Waals surface area (Å²) in [6, 6.07) is 10.3. The Balaban J connectivity index is 2.07. The van der Waals surface area contributed by atoms with Gasteiger partial charge in [-0.2, -0.15) is 0 Å². The van der Waals surface area contributed by atoms with E-state index in [1.807, 2.05) is 11.4 Å². The zero-order chi connectivity index (χ0) is 14.0. The van der Waals surface area contributed by atoms with E-state index in [0.29, 0.717) is 11.4 Å². The molecule has 0 aliphatic rings. The first-order valence-electron chi connectivity index (χ1n) is 6.37. The fraction of sp³-hybridized carbons (Fsp3) is 0.375. The first-order chi connectivity index (χ1) is 8.86. The van der Waals surface area contributed by atoms with E-state index >= 15 is 0 Å². The van der Waals surface area contributed by atoms with Crippen LogP contribution >= 0.6 is 22.9 Å². The van der Waals surface area contributed by atoms with Crippen molar-refractivity contribution in [1.82, 2.24) is 0 Å². The highest BCUT2D eigenvalue weighted by Crippen LogP contribution is 2.28. The van der Waals surface area contributed by atoms with Gasteiger partial charge in [0.15, 0.2) is 0 Å². The number of benzene rings is 1. The lowest BCUT2D eigenvalue weighted by atomic mass is 9.86. The minimum atomic E-state index is -0.474. The van der Waals surface area contributed by atoms with E-state index in [0.717, 1.165) is 10.4 Å². The lowest BCUT2D eigenvalue weighted by Crippen LogP contribution is -2.11. The maximum absolute atomic E-state index is 10.2. The second kappa shape index (κ2) is 5.66. The van der Waals surface area contributed by atoms with Crippen LogP contribution in [0.5, 0.6) is 0 Å². The third-order valence-corrected chi connectivity index (χ3v) is 4.55. The van der Waals surface area contributed by atoms with Crippen LogP contribution in [0.3, 0.4) is 0 Å². The van der Waals surface area contributed by atoms with E-state index in [-0.39, 0.29) is 5.41 Å². The highest BCUT2D eigenvalue weighted by molar-refractivity contribution is 7.10. The van der Waals surface area contributed by atoms with E-state index in [4.69, 9.17) is 11.6 Å². The second-order valence-electron chi connectivity index (χ2n) is 5.83. The van der Waals surface area contributed by atoms with Crippen molar-refractivity contribution in [2.75, 3.05) is 0 Å². The number of aliphatic hydroxyl groups excluding tert-OH is 1. The molecule has 0 saturated heterocycles. The van der Waals surface area contributed by atoms with Crippen molar-refractivity contribution in [3.8, 4) is 0 Å². The molecule has 0 aliphatic carbocycles. The molecule has 1 unspecified atom stereocenters. The van der Waals surface area contributed by atoms with Crippen LogP contribution in [0.2, 0.25) is 5.02 Å². The van der Waals surface area contributed by atoms with E-state index in [9.17, 15) is 5.11 Å². The summed E-state index contributed by atoms with van der Waals surface area (Å²) in [5.41, 5.74) is 2.62. The maximum atomic E-state index is 10.2. The van der Waals surface area contributed by atoms with E-state index in [1.165, 1.54) is 16.9 Å². The van der Waals surface area contributed by atoms with Crippen LogP contribution in [0.4, 0.5) is 0 Å². The monoisotopic (exact) mass is 294 g/mol. The van der Waals surface area contributed by atoms with Gasteiger partial charge in [-0.05, 0) is 22.6 Å². The summed E-state index contributed by atoms with van der Waals surface area (Å²) >= 11 is 7.38. The zero-order valence-corrected chi connectivity index (χ0v) is 13.1. The predicted octanol–water partition coefficient (Wildman–Crippen LogP) is 4.98. The maximum Gasteiger partial charge on any atom is 0.0922 e. The number of hydrogen-bond acceptors (Lipinski definition) is 2. The number of thiophene rings is 1. The summed E-state index contributed by atoms with van der Waals surface area (Å²) in [6.07, 6.45) is 0.152. The van der Waals surface area contributed by atoms with Crippen LogP contribution < -0.4 is 0 Å². The van der Waals surface area contributed by atoms with Crippen LogP contribution in [0.15, 0.2) is 35.7 Å². The topological polar surface area (TPSA) is 20.2 Å². The average Bonchev–Trinajstić information content (AvgIpc) is 2.75. The van der Waals surface area contributed by atoms with Crippen LogP contribution in [0.1, 0.15) is 42.9 Å². The minimum Gasteiger partial charge on any atom is -0.387 e. The summed E-state index contributed by atoms with van der Waals surface area (Å²) in [5.74, 6) is 0. The molecule has 0 bridgehead atoms. The van der Waals surface area contributed by atoms with Gasteiger partial charge in [0.1, 0.15) is 0 Å². The molecule has 0 radical (unpaired) electrons. The van der Waals surface area contributed by atoms with Crippen molar-refractivity contribution in [2.24, 2.45) is 0 Å². The fourth-order valence-electron chi connectivity index (χ4n) is 1.97. The van der Waals surface area contributed by atoms with Crippen molar-refractivity contribution >= 4 is 22.9 Å². The molecule has 2 rings (SSSR count). The van der Waals surface area contributed by atoms with Gasteiger partial charge in [0.2, 0.25) is 0 Å². The fourth-order valence-corrected chi connectivity index (χ4v) is 3.04. The van der Waals surface area contributed by atoms with Crippen molar-refractivity contribution in [3.63, 3.8) is 0 Å². The molecule has 1 atom stereocenters. The molecule has 0 saturated carbocycles. The van der Waals surface area contributed by atoms with Gasteiger partial charge in [-0.1, -0.05) is 56.6 Å². The van der Waals surface area contributed by atoms with E-state index in [1.54, 1.807) is 0 Å². The molecule has 1 aromatic carbocycles. The summed E-state index contributed by atoms with van der Waals surface area (Å²) < 4.78 is 0. The third-order valence-electron chi connectivity index (χ3n) is 3.17. The molecule has 1 N–H and O–H groups in total. The normalized spacial score (nSPS) is 13.5. The largest absolute Gasteiger partial charge is 0.387 e. The molecular weight excluding hydrogens is 276 g/mol. The highest BCUT2D eigenvalue weighted by atomic mass is 35.5. The number of hydrogen-bond donors (Lipinski definition) is 1. The van der Waals surface area contributed by atoms with Gasteiger partial charge in [-0.3, -0.25) is 0 Å². The predicted molar refractivity (Wildman–Crippen MR) is 83.1 cm³/mol. The van der Waals surface area contributed by atoms with Crippen LogP contribution in [0, 0.1) is 0 Å².